The molecule has 1 amide bonds. The average molecular weight is 302 g/mol. The number of hydrogen-bond donors (Lipinski definition) is 1. The zero-order valence-electron chi connectivity index (χ0n) is 12.0. The van der Waals surface area contributed by atoms with Crippen LogP contribution >= 0.6 is 11.5 Å². The molecule has 2 heterocycles. The van der Waals surface area contributed by atoms with Gasteiger partial charge in [-0.05, 0) is 12.8 Å². The molecule has 1 aromatic carbocycles. The molecule has 5 nitrogen and oxygen atoms in total. The molecule has 1 aliphatic heterocycles. The number of amides is 1. The minimum absolute atomic E-state index is 0.132. The van der Waals surface area contributed by atoms with Crippen LogP contribution in [0.25, 0.3) is 11.4 Å². The zero-order chi connectivity index (χ0) is 14.7. The van der Waals surface area contributed by atoms with Crippen LogP contribution in [0.3, 0.4) is 0 Å². The smallest absolute Gasteiger partial charge is 0.222 e. The van der Waals surface area contributed by atoms with Crippen molar-refractivity contribution in [3.63, 3.8) is 0 Å². The van der Waals surface area contributed by atoms with Gasteiger partial charge >= 0.3 is 0 Å². The second kappa shape index (κ2) is 6.22. The van der Waals surface area contributed by atoms with Crippen LogP contribution in [0, 0.1) is 5.92 Å². The van der Waals surface area contributed by atoms with Crippen LogP contribution in [0.1, 0.15) is 12.8 Å². The van der Waals surface area contributed by atoms with Gasteiger partial charge in [-0.1, -0.05) is 30.3 Å². The normalized spacial score (nSPS) is 16.0. The monoisotopic (exact) mass is 302 g/mol. The Kier molecular flexibility index (Phi) is 4.15. The van der Waals surface area contributed by atoms with Crippen molar-refractivity contribution in [2.75, 3.05) is 25.0 Å². The van der Waals surface area contributed by atoms with E-state index in [0.29, 0.717) is 0 Å². The summed E-state index contributed by atoms with van der Waals surface area (Å²) in [5.41, 5.74) is 1.04. The Bertz CT molecular complexity index is 605. The lowest BCUT2D eigenvalue weighted by Gasteiger charge is -2.30. The lowest BCUT2D eigenvalue weighted by atomic mass is 9.96. The van der Waals surface area contributed by atoms with Crippen LogP contribution in [-0.2, 0) is 4.79 Å². The van der Waals surface area contributed by atoms with E-state index in [4.69, 9.17) is 0 Å². The van der Waals surface area contributed by atoms with Crippen molar-refractivity contribution in [2.45, 2.75) is 12.8 Å². The van der Waals surface area contributed by atoms with E-state index in [0.717, 1.165) is 42.5 Å². The molecule has 1 N–H and O–H groups in total. The van der Waals surface area contributed by atoms with Crippen molar-refractivity contribution in [3.8, 4) is 11.4 Å². The topological polar surface area (TPSA) is 58.1 Å². The van der Waals surface area contributed by atoms with E-state index in [-0.39, 0.29) is 11.8 Å². The Morgan fingerprint density at radius 1 is 1.29 bits per heavy atom. The second-order valence-corrected chi connectivity index (χ2v) is 5.87. The summed E-state index contributed by atoms with van der Waals surface area (Å²) in [6, 6.07) is 10.0. The molecule has 0 radical (unpaired) electrons. The summed E-state index contributed by atoms with van der Waals surface area (Å²) in [7, 11) is 1.70. The van der Waals surface area contributed by atoms with E-state index >= 15 is 0 Å². The molecule has 0 unspecified atom stereocenters. The van der Waals surface area contributed by atoms with Gasteiger partial charge in [-0.2, -0.15) is 9.36 Å². The Morgan fingerprint density at radius 2 is 2.00 bits per heavy atom. The molecular weight excluding hydrogens is 284 g/mol. The molecule has 0 spiro atoms. The summed E-state index contributed by atoms with van der Waals surface area (Å²) in [5, 5.41) is 3.68. The predicted octanol–water partition coefficient (Wildman–Crippen LogP) is 2.17. The van der Waals surface area contributed by atoms with Gasteiger partial charge in [0.1, 0.15) is 0 Å². The van der Waals surface area contributed by atoms with Gasteiger partial charge in [0.15, 0.2) is 5.82 Å². The van der Waals surface area contributed by atoms with Gasteiger partial charge in [0.25, 0.3) is 0 Å². The maximum absolute atomic E-state index is 11.6. The third-order valence-electron chi connectivity index (χ3n) is 3.83. The highest BCUT2D eigenvalue weighted by Gasteiger charge is 2.25. The molecule has 0 saturated carbocycles. The van der Waals surface area contributed by atoms with Crippen LogP contribution in [0.2, 0.25) is 0 Å². The first-order valence-corrected chi connectivity index (χ1v) is 7.91. The minimum Gasteiger partial charge on any atom is -0.359 e. The van der Waals surface area contributed by atoms with E-state index in [2.05, 4.69) is 19.6 Å². The number of nitrogens with zero attached hydrogens (tertiary/aromatic N) is 3. The molecule has 2 aromatic rings. The number of hydrogen-bond acceptors (Lipinski definition) is 5. The molecule has 21 heavy (non-hydrogen) atoms. The number of piperidine rings is 1. The van der Waals surface area contributed by atoms with Crippen molar-refractivity contribution in [2.24, 2.45) is 5.92 Å². The van der Waals surface area contributed by atoms with E-state index in [1.807, 2.05) is 30.3 Å². The Balaban J connectivity index is 1.67. The molecule has 0 bridgehead atoms. The minimum atomic E-state index is 0.132. The predicted molar refractivity (Wildman–Crippen MR) is 84.3 cm³/mol. The summed E-state index contributed by atoms with van der Waals surface area (Å²) in [5.74, 6) is 1.06. The number of nitrogens with one attached hydrogen (secondary N) is 1. The molecule has 1 aliphatic rings. The summed E-state index contributed by atoms with van der Waals surface area (Å²) in [6.07, 6.45) is 1.75. The number of carbonyl (C=O) groups excluding carboxylic acids is 1. The lowest BCUT2D eigenvalue weighted by molar-refractivity contribution is -0.125. The highest BCUT2D eigenvalue weighted by atomic mass is 32.1. The van der Waals surface area contributed by atoms with E-state index in [9.17, 15) is 4.79 Å². The Morgan fingerprint density at radius 3 is 2.67 bits per heavy atom. The molecule has 1 saturated heterocycles. The fourth-order valence-electron chi connectivity index (χ4n) is 2.59. The number of aromatic nitrogens is 2. The largest absolute Gasteiger partial charge is 0.359 e. The second-order valence-electron chi connectivity index (χ2n) is 5.14. The van der Waals surface area contributed by atoms with Crippen molar-refractivity contribution in [1.29, 1.82) is 0 Å². The van der Waals surface area contributed by atoms with Crippen LogP contribution in [0.4, 0.5) is 5.13 Å². The van der Waals surface area contributed by atoms with Gasteiger partial charge < -0.3 is 10.2 Å². The van der Waals surface area contributed by atoms with Gasteiger partial charge in [0.05, 0.1) is 0 Å². The Labute approximate surface area is 128 Å². The van der Waals surface area contributed by atoms with Gasteiger partial charge in [0, 0.05) is 43.2 Å². The summed E-state index contributed by atoms with van der Waals surface area (Å²) >= 11 is 1.43. The van der Waals surface area contributed by atoms with Crippen LogP contribution < -0.4 is 10.2 Å². The van der Waals surface area contributed by atoms with Crippen LogP contribution in [0.15, 0.2) is 30.3 Å². The Hall–Kier alpha value is -1.95. The van der Waals surface area contributed by atoms with Gasteiger partial charge in [0.2, 0.25) is 11.0 Å². The average Bonchev–Trinajstić information content (AvgIpc) is 3.05. The number of rotatable bonds is 3. The molecule has 1 aromatic heterocycles. The molecule has 1 fully saturated rings. The first kappa shape index (κ1) is 14.0. The number of carbonyl (C=O) groups is 1. The van der Waals surface area contributed by atoms with Crippen molar-refractivity contribution >= 4 is 22.6 Å². The molecule has 0 aliphatic carbocycles. The highest BCUT2D eigenvalue weighted by Crippen LogP contribution is 2.27. The van der Waals surface area contributed by atoms with Gasteiger partial charge in [-0.25, -0.2) is 0 Å². The summed E-state index contributed by atoms with van der Waals surface area (Å²) in [6.45, 7) is 1.73. The number of benzene rings is 1. The van der Waals surface area contributed by atoms with Gasteiger partial charge in [-0.15, -0.1) is 0 Å². The van der Waals surface area contributed by atoms with Crippen molar-refractivity contribution < 1.29 is 4.79 Å². The molecule has 6 heteroatoms. The lowest BCUT2D eigenvalue weighted by Crippen LogP contribution is -2.39. The summed E-state index contributed by atoms with van der Waals surface area (Å²) in [4.78, 5) is 18.5. The molecule has 110 valence electrons. The molecule has 3 rings (SSSR count). The van der Waals surface area contributed by atoms with Gasteiger partial charge in [-0.3, -0.25) is 4.79 Å². The van der Waals surface area contributed by atoms with E-state index in [1.165, 1.54) is 11.5 Å². The fraction of sp³-hybridized carbons (Fsp3) is 0.400. The molecule has 0 atom stereocenters. The first-order valence-electron chi connectivity index (χ1n) is 7.13. The molecular formula is C15H18N4OS. The van der Waals surface area contributed by atoms with Crippen LogP contribution in [0.5, 0.6) is 0 Å². The third-order valence-corrected chi connectivity index (χ3v) is 4.61. The summed E-state index contributed by atoms with van der Waals surface area (Å²) < 4.78 is 4.44. The quantitative estimate of drug-likeness (QED) is 0.944. The van der Waals surface area contributed by atoms with Crippen LogP contribution in [-0.4, -0.2) is 35.4 Å². The highest BCUT2D eigenvalue weighted by molar-refractivity contribution is 7.09. The van der Waals surface area contributed by atoms with E-state index < -0.39 is 0 Å². The number of anilines is 1. The zero-order valence-corrected chi connectivity index (χ0v) is 12.8. The van der Waals surface area contributed by atoms with Crippen molar-refractivity contribution in [1.82, 2.24) is 14.7 Å². The maximum Gasteiger partial charge on any atom is 0.222 e. The van der Waals surface area contributed by atoms with Crippen molar-refractivity contribution in [3.05, 3.63) is 30.3 Å². The maximum atomic E-state index is 11.6. The van der Waals surface area contributed by atoms with E-state index in [1.54, 1.807) is 7.05 Å². The first-order chi connectivity index (χ1) is 10.3. The third kappa shape index (κ3) is 3.05. The SMILES string of the molecule is CNC(=O)C1CCN(c2nc(-c3ccccc3)ns2)CC1. The fourth-order valence-corrected chi connectivity index (χ4v) is 3.33. The standard InChI is InChI=1S/C15H18N4OS/c1-16-14(20)12-7-9-19(10-8-12)15-17-13(18-21-15)11-5-3-2-4-6-11/h2-6,12H,7-10H2,1H3,(H,16,20).